The van der Waals surface area contributed by atoms with E-state index in [1.54, 1.807) is 0 Å². The number of rotatable bonds is 9. The van der Waals surface area contributed by atoms with E-state index in [1.165, 1.54) is 16.9 Å². The molecule has 0 saturated heterocycles. The Bertz CT molecular complexity index is 462. The third-order valence-corrected chi connectivity index (χ3v) is 4.24. The van der Waals surface area contributed by atoms with Crippen LogP contribution in [0.15, 0.2) is 43.5 Å². The van der Waals surface area contributed by atoms with E-state index in [0.717, 1.165) is 25.9 Å². The SMILES string of the molecule is C=CCC(C)(CC=C)c1cc(N(CC)CC)ccc1NC. The molecule has 0 radical (unpaired) electrons. The molecule has 2 heteroatoms. The standard InChI is InChI=1S/C19H30N2/c1-7-13-19(5,14-8-2)17-15-16(21(9-3)10-4)11-12-18(17)20-6/h7-8,11-12,15,20H,1-2,9-10,13-14H2,3-6H3. The lowest BCUT2D eigenvalue weighted by Gasteiger charge is -2.32. The maximum Gasteiger partial charge on any atom is 0.0377 e. The van der Waals surface area contributed by atoms with Crippen molar-refractivity contribution in [3.63, 3.8) is 0 Å². The zero-order valence-corrected chi connectivity index (χ0v) is 14.1. The fraction of sp³-hybridized carbons (Fsp3) is 0.474. The summed E-state index contributed by atoms with van der Waals surface area (Å²) >= 11 is 0. The highest BCUT2D eigenvalue weighted by atomic mass is 15.1. The van der Waals surface area contributed by atoms with Gasteiger partial charge in [-0.05, 0) is 50.5 Å². The largest absolute Gasteiger partial charge is 0.388 e. The fourth-order valence-corrected chi connectivity index (χ4v) is 2.98. The number of anilines is 2. The first-order valence-corrected chi connectivity index (χ1v) is 7.85. The van der Waals surface area contributed by atoms with Crippen molar-refractivity contribution in [2.75, 3.05) is 30.4 Å². The summed E-state index contributed by atoms with van der Waals surface area (Å²) in [5.41, 5.74) is 3.85. The second-order valence-corrected chi connectivity index (χ2v) is 5.70. The van der Waals surface area contributed by atoms with E-state index in [9.17, 15) is 0 Å². The molecule has 0 aliphatic heterocycles. The molecule has 0 aromatic heterocycles. The van der Waals surface area contributed by atoms with Crippen LogP contribution in [0.4, 0.5) is 11.4 Å². The summed E-state index contributed by atoms with van der Waals surface area (Å²) in [6, 6.07) is 6.71. The van der Waals surface area contributed by atoms with Gasteiger partial charge in [-0.2, -0.15) is 0 Å². The minimum absolute atomic E-state index is 0.0327. The van der Waals surface area contributed by atoms with Crippen molar-refractivity contribution >= 4 is 11.4 Å². The van der Waals surface area contributed by atoms with Crippen molar-refractivity contribution in [1.82, 2.24) is 0 Å². The minimum atomic E-state index is 0.0327. The Morgan fingerprint density at radius 2 is 1.71 bits per heavy atom. The fourth-order valence-electron chi connectivity index (χ4n) is 2.98. The predicted molar refractivity (Wildman–Crippen MR) is 96.5 cm³/mol. The Hall–Kier alpha value is -1.70. The van der Waals surface area contributed by atoms with E-state index in [-0.39, 0.29) is 5.41 Å². The zero-order chi connectivity index (χ0) is 15.9. The molecule has 0 aliphatic carbocycles. The third-order valence-electron chi connectivity index (χ3n) is 4.24. The lowest BCUT2D eigenvalue weighted by atomic mass is 9.75. The highest BCUT2D eigenvalue weighted by molar-refractivity contribution is 5.63. The maximum absolute atomic E-state index is 3.93. The first-order valence-electron chi connectivity index (χ1n) is 7.85. The molecule has 0 spiro atoms. The van der Waals surface area contributed by atoms with Gasteiger partial charge in [-0.25, -0.2) is 0 Å². The Kier molecular flexibility index (Phi) is 6.54. The summed E-state index contributed by atoms with van der Waals surface area (Å²) in [6.07, 6.45) is 5.89. The van der Waals surface area contributed by atoms with Gasteiger partial charge in [-0.1, -0.05) is 19.1 Å². The van der Waals surface area contributed by atoms with Gasteiger partial charge in [0.25, 0.3) is 0 Å². The molecule has 2 nitrogen and oxygen atoms in total. The van der Waals surface area contributed by atoms with Gasteiger partial charge in [-0.3, -0.25) is 0 Å². The van der Waals surface area contributed by atoms with E-state index in [0.29, 0.717) is 0 Å². The van der Waals surface area contributed by atoms with E-state index < -0.39 is 0 Å². The van der Waals surface area contributed by atoms with Crippen molar-refractivity contribution in [3.8, 4) is 0 Å². The number of hydrogen-bond donors (Lipinski definition) is 1. The summed E-state index contributed by atoms with van der Waals surface area (Å²) in [5, 5.41) is 3.33. The van der Waals surface area contributed by atoms with Gasteiger partial charge in [0.05, 0.1) is 0 Å². The summed E-state index contributed by atoms with van der Waals surface area (Å²) in [4.78, 5) is 2.38. The molecule has 0 amide bonds. The van der Waals surface area contributed by atoms with E-state index >= 15 is 0 Å². The van der Waals surface area contributed by atoms with E-state index in [4.69, 9.17) is 0 Å². The first kappa shape index (κ1) is 17.4. The number of nitrogens with one attached hydrogen (secondary N) is 1. The Morgan fingerprint density at radius 1 is 1.14 bits per heavy atom. The number of benzene rings is 1. The quantitative estimate of drug-likeness (QED) is 0.644. The van der Waals surface area contributed by atoms with Gasteiger partial charge < -0.3 is 10.2 Å². The number of allylic oxidation sites excluding steroid dienone is 2. The summed E-state index contributed by atoms with van der Waals surface area (Å²) < 4.78 is 0. The number of hydrogen-bond acceptors (Lipinski definition) is 2. The molecule has 21 heavy (non-hydrogen) atoms. The average Bonchev–Trinajstić information content (AvgIpc) is 2.49. The van der Waals surface area contributed by atoms with Crippen LogP contribution < -0.4 is 10.2 Å². The van der Waals surface area contributed by atoms with Crippen LogP contribution in [0, 0.1) is 0 Å². The monoisotopic (exact) mass is 286 g/mol. The van der Waals surface area contributed by atoms with Crippen molar-refractivity contribution < 1.29 is 0 Å². The predicted octanol–water partition coefficient (Wildman–Crippen LogP) is 4.98. The topological polar surface area (TPSA) is 15.3 Å². The molecule has 0 bridgehead atoms. The molecule has 1 aromatic carbocycles. The Morgan fingerprint density at radius 3 is 2.14 bits per heavy atom. The van der Waals surface area contributed by atoms with Crippen LogP contribution in [0.1, 0.15) is 39.2 Å². The molecular weight excluding hydrogens is 256 g/mol. The van der Waals surface area contributed by atoms with Gasteiger partial charge in [0.1, 0.15) is 0 Å². The highest BCUT2D eigenvalue weighted by Gasteiger charge is 2.27. The van der Waals surface area contributed by atoms with Crippen molar-refractivity contribution in [2.24, 2.45) is 0 Å². The van der Waals surface area contributed by atoms with E-state index in [1.807, 2.05) is 19.2 Å². The summed E-state index contributed by atoms with van der Waals surface area (Å²) in [6.45, 7) is 16.6. The van der Waals surface area contributed by atoms with Crippen molar-refractivity contribution in [3.05, 3.63) is 49.1 Å². The second-order valence-electron chi connectivity index (χ2n) is 5.70. The molecule has 116 valence electrons. The second kappa shape index (κ2) is 7.92. The lowest BCUT2D eigenvalue weighted by Crippen LogP contribution is -2.25. The van der Waals surface area contributed by atoms with Gasteiger partial charge >= 0.3 is 0 Å². The van der Waals surface area contributed by atoms with Crippen LogP contribution in [0.3, 0.4) is 0 Å². The molecule has 0 heterocycles. The first-order chi connectivity index (χ1) is 10.1. The van der Waals surface area contributed by atoms with Crippen LogP contribution in [-0.2, 0) is 5.41 Å². The molecule has 1 aromatic rings. The van der Waals surface area contributed by atoms with Gasteiger partial charge in [0.15, 0.2) is 0 Å². The van der Waals surface area contributed by atoms with Gasteiger partial charge in [-0.15, -0.1) is 13.2 Å². The molecule has 0 atom stereocenters. The average molecular weight is 286 g/mol. The molecular formula is C19H30N2. The molecule has 1 rings (SSSR count). The summed E-state index contributed by atoms with van der Waals surface area (Å²) in [7, 11) is 1.98. The van der Waals surface area contributed by atoms with Crippen LogP contribution >= 0.6 is 0 Å². The smallest absolute Gasteiger partial charge is 0.0377 e. The van der Waals surface area contributed by atoms with Crippen molar-refractivity contribution in [2.45, 2.75) is 39.0 Å². The molecule has 0 aliphatic rings. The normalized spacial score (nSPS) is 11.0. The third kappa shape index (κ3) is 3.90. The maximum atomic E-state index is 3.93. The van der Waals surface area contributed by atoms with Crippen LogP contribution in [0.5, 0.6) is 0 Å². The number of nitrogens with zero attached hydrogens (tertiary/aromatic N) is 1. The molecule has 0 fully saturated rings. The molecule has 1 N–H and O–H groups in total. The van der Waals surface area contributed by atoms with Crippen LogP contribution in [0.25, 0.3) is 0 Å². The van der Waals surface area contributed by atoms with Crippen LogP contribution in [-0.4, -0.2) is 20.1 Å². The Labute approximate surface area is 130 Å². The molecule has 0 unspecified atom stereocenters. The minimum Gasteiger partial charge on any atom is -0.388 e. The van der Waals surface area contributed by atoms with E-state index in [2.05, 4.69) is 62.3 Å². The van der Waals surface area contributed by atoms with Gasteiger partial charge in [0.2, 0.25) is 0 Å². The summed E-state index contributed by atoms with van der Waals surface area (Å²) in [5.74, 6) is 0. The van der Waals surface area contributed by atoms with Crippen molar-refractivity contribution in [1.29, 1.82) is 0 Å². The highest BCUT2D eigenvalue weighted by Crippen LogP contribution is 2.39. The van der Waals surface area contributed by atoms with Crippen LogP contribution in [0.2, 0.25) is 0 Å². The zero-order valence-electron chi connectivity index (χ0n) is 14.1. The Balaban J connectivity index is 3.38. The molecule has 0 saturated carbocycles. The van der Waals surface area contributed by atoms with Gasteiger partial charge in [0, 0.05) is 36.9 Å². The lowest BCUT2D eigenvalue weighted by molar-refractivity contribution is 0.487.